The van der Waals surface area contributed by atoms with Gasteiger partial charge in [-0.05, 0) is 30.0 Å². The molecular weight excluding hydrogens is 303 g/mol. The van der Waals surface area contributed by atoms with Crippen LogP contribution in [0, 0.1) is 17.8 Å². The lowest BCUT2D eigenvalue weighted by Gasteiger charge is -2.22. The minimum absolute atomic E-state index is 0.249. The minimum Gasteiger partial charge on any atom is -0.414 e. The number of rotatable bonds is 5. The van der Waals surface area contributed by atoms with Crippen LogP contribution in [0.3, 0.4) is 0 Å². The summed E-state index contributed by atoms with van der Waals surface area (Å²) in [6, 6.07) is 0. The summed E-state index contributed by atoms with van der Waals surface area (Å²) < 4.78 is 7.97. The number of hydrogen-bond donors (Lipinski definition) is 0. The maximum absolute atomic E-state index is 5.93. The van der Waals surface area contributed by atoms with E-state index >= 15 is 0 Å². The molecule has 0 N–H and O–H groups in total. The van der Waals surface area contributed by atoms with Gasteiger partial charge < -0.3 is 4.43 Å². The van der Waals surface area contributed by atoms with Crippen molar-refractivity contribution in [2.75, 3.05) is 0 Å². The van der Waals surface area contributed by atoms with E-state index in [-0.39, 0.29) is 6.10 Å². The second-order valence-corrected chi connectivity index (χ2v) is 6.66. The monoisotopic (exact) mass is 322 g/mol. The molecule has 1 nitrogen and oxygen atoms in total. The van der Waals surface area contributed by atoms with Gasteiger partial charge in [0.15, 0.2) is 9.04 Å². The van der Waals surface area contributed by atoms with Crippen LogP contribution in [0.25, 0.3) is 0 Å². The van der Waals surface area contributed by atoms with Crippen LogP contribution >= 0.6 is 22.6 Å². The van der Waals surface area contributed by atoms with Gasteiger partial charge >= 0.3 is 0 Å². The molecule has 0 aliphatic heterocycles. The lowest BCUT2D eigenvalue weighted by molar-refractivity contribution is 0.193. The highest BCUT2D eigenvalue weighted by molar-refractivity contribution is 14.1. The van der Waals surface area contributed by atoms with Crippen molar-refractivity contribution in [1.82, 2.24) is 0 Å². The molecule has 3 heteroatoms. The molecule has 0 heterocycles. The van der Waals surface area contributed by atoms with Crippen molar-refractivity contribution < 1.29 is 4.43 Å². The van der Waals surface area contributed by atoms with Gasteiger partial charge in [-0.3, -0.25) is 0 Å². The van der Waals surface area contributed by atoms with Crippen molar-refractivity contribution in [3.8, 4) is 11.8 Å². The van der Waals surface area contributed by atoms with E-state index in [0.717, 1.165) is 6.42 Å². The van der Waals surface area contributed by atoms with E-state index < -0.39 is 9.04 Å². The van der Waals surface area contributed by atoms with Crippen LogP contribution in [0.4, 0.5) is 0 Å². The summed E-state index contributed by atoms with van der Waals surface area (Å²) in [6.07, 6.45) is 3.30. The summed E-state index contributed by atoms with van der Waals surface area (Å²) in [7, 11) is -0.953. The molecule has 0 aromatic heterocycles. The highest BCUT2D eigenvalue weighted by Crippen LogP contribution is 2.14. The molecule has 0 aliphatic carbocycles. The maximum atomic E-state index is 5.93. The fourth-order valence-corrected chi connectivity index (χ4v) is 2.53. The number of hydrogen-bond acceptors (Lipinski definition) is 1. The van der Waals surface area contributed by atoms with Gasteiger partial charge in [0, 0.05) is 6.42 Å². The fourth-order valence-electron chi connectivity index (χ4n) is 1.13. The molecule has 0 spiro atoms. The third kappa shape index (κ3) is 6.63. The first-order chi connectivity index (χ1) is 6.61. The Morgan fingerprint density at radius 3 is 2.57 bits per heavy atom. The maximum Gasteiger partial charge on any atom is 0.171 e. The second kappa shape index (κ2) is 8.51. The SMILES string of the molecule is CC#CCC(C)C(C=CI)O[SiH](C)C. The summed E-state index contributed by atoms with van der Waals surface area (Å²) in [6.45, 7) is 8.48. The zero-order chi connectivity index (χ0) is 11.0. The molecule has 0 amide bonds. The molecule has 0 saturated carbocycles. The van der Waals surface area contributed by atoms with Gasteiger partial charge in [0.2, 0.25) is 0 Å². The first-order valence-electron chi connectivity index (χ1n) is 4.93. The standard InChI is InChI=1S/C11H19IOSi/c1-5-6-7-10(2)11(8-9-12)13-14(3)4/h8-11,14H,7H2,1-4H3. The van der Waals surface area contributed by atoms with Crippen molar-refractivity contribution in [2.24, 2.45) is 5.92 Å². The molecule has 0 radical (unpaired) electrons. The summed E-state index contributed by atoms with van der Waals surface area (Å²) in [5, 5.41) is 0. The van der Waals surface area contributed by atoms with Crippen LogP contribution in [0.1, 0.15) is 20.3 Å². The highest BCUT2D eigenvalue weighted by atomic mass is 127. The average molecular weight is 322 g/mol. The van der Waals surface area contributed by atoms with E-state index in [1.54, 1.807) is 0 Å². The first-order valence-corrected chi connectivity index (χ1v) is 8.96. The molecule has 0 aromatic carbocycles. The predicted molar refractivity (Wildman–Crippen MR) is 74.1 cm³/mol. The van der Waals surface area contributed by atoms with Crippen LogP contribution in [-0.4, -0.2) is 15.1 Å². The highest BCUT2D eigenvalue weighted by Gasteiger charge is 2.15. The zero-order valence-corrected chi connectivity index (χ0v) is 12.7. The Kier molecular flexibility index (Phi) is 8.64. The lowest BCUT2D eigenvalue weighted by Crippen LogP contribution is -2.25. The van der Waals surface area contributed by atoms with Gasteiger partial charge in [0.1, 0.15) is 0 Å². The molecule has 2 atom stereocenters. The molecule has 80 valence electrons. The quantitative estimate of drug-likeness (QED) is 0.428. The molecular formula is C11H19IOSi. The van der Waals surface area contributed by atoms with Crippen molar-refractivity contribution in [2.45, 2.75) is 39.5 Å². The van der Waals surface area contributed by atoms with E-state index in [2.05, 4.69) is 60.5 Å². The topological polar surface area (TPSA) is 9.23 Å². The van der Waals surface area contributed by atoms with Gasteiger partial charge in [-0.1, -0.05) is 35.6 Å². The van der Waals surface area contributed by atoms with Crippen LogP contribution in [0.5, 0.6) is 0 Å². The fraction of sp³-hybridized carbons (Fsp3) is 0.636. The number of halogens is 1. The third-order valence-corrected chi connectivity index (χ3v) is 3.13. The van der Waals surface area contributed by atoms with E-state index in [4.69, 9.17) is 4.43 Å². The van der Waals surface area contributed by atoms with E-state index in [9.17, 15) is 0 Å². The summed E-state index contributed by atoms with van der Waals surface area (Å²) >= 11 is 2.24. The van der Waals surface area contributed by atoms with Crippen molar-refractivity contribution in [3.63, 3.8) is 0 Å². The van der Waals surface area contributed by atoms with Crippen molar-refractivity contribution in [1.29, 1.82) is 0 Å². The van der Waals surface area contributed by atoms with Gasteiger partial charge in [-0.15, -0.1) is 11.8 Å². The third-order valence-electron chi connectivity index (χ3n) is 1.85. The van der Waals surface area contributed by atoms with Crippen LogP contribution in [-0.2, 0) is 4.43 Å². The summed E-state index contributed by atoms with van der Waals surface area (Å²) in [5.74, 6) is 6.53. The molecule has 0 aromatic rings. The lowest BCUT2D eigenvalue weighted by atomic mass is 10.0. The molecule has 2 unspecified atom stereocenters. The Bertz CT molecular complexity index is 227. The van der Waals surface area contributed by atoms with Gasteiger partial charge in [-0.2, -0.15) is 0 Å². The Morgan fingerprint density at radius 1 is 1.50 bits per heavy atom. The van der Waals surface area contributed by atoms with Gasteiger partial charge in [0.05, 0.1) is 6.10 Å². The largest absolute Gasteiger partial charge is 0.414 e. The van der Waals surface area contributed by atoms with E-state index in [1.165, 1.54) is 0 Å². The smallest absolute Gasteiger partial charge is 0.171 e. The van der Waals surface area contributed by atoms with Crippen molar-refractivity contribution >= 4 is 31.6 Å². The van der Waals surface area contributed by atoms with Gasteiger partial charge in [-0.25, -0.2) is 0 Å². The molecule has 0 aliphatic rings. The first kappa shape index (κ1) is 14.2. The minimum atomic E-state index is -0.953. The van der Waals surface area contributed by atoms with Crippen LogP contribution in [0.15, 0.2) is 10.2 Å². The summed E-state index contributed by atoms with van der Waals surface area (Å²) in [4.78, 5) is 0. The Labute approximate surface area is 103 Å². The average Bonchev–Trinajstić information content (AvgIpc) is 2.13. The molecule has 0 rings (SSSR count). The molecule has 14 heavy (non-hydrogen) atoms. The van der Waals surface area contributed by atoms with Crippen LogP contribution in [0.2, 0.25) is 13.1 Å². The Morgan fingerprint density at radius 2 is 2.14 bits per heavy atom. The zero-order valence-electron chi connectivity index (χ0n) is 9.38. The predicted octanol–water partition coefficient (Wildman–Crippen LogP) is 3.35. The second-order valence-electron chi connectivity index (χ2n) is 3.58. The van der Waals surface area contributed by atoms with E-state index in [0.29, 0.717) is 5.92 Å². The normalized spacial score (nSPS) is 15.3. The Balaban J connectivity index is 4.21. The molecule has 0 fully saturated rings. The summed E-state index contributed by atoms with van der Waals surface area (Å²) in [5.41, 5.74) is 0. The Hall–Kier alpha value is 0.207. The molecule has 0 bridgehead atoms. The van der Waals surface area contributed by atoms with Crippen molar-refractivity contribution in [3.05, 3.63) is 10.2 Å². The van der Waals surface area contributed by atoms with Gasteiger partial charge in [0.25, 0.3) is 0 Å². The molecule has 0 saturated heterocycles. The van der Waals surface area contributed by atoms with E-state index in [1.807, 2.05) is 11.0 Å². The van der Waals surface area contributed by atoms with Crippen LogP contribution < -0.4 is 0 Å².